The lowest BCUT2D eigenvalue weighted by molar-refractivity contribution is -0.138. The molecule has 0 saturated carbocycles. The van der Waals surface area contributed by atoms with Crippen LogP contribution >= 0.6 is 34.4 Å². The molecule has 5 aromatic rings. The van der Waals surface area contributed by atoms with Gasteiger partial charge < -0.3 is 4.74 Å². The SMILES string of the molecule is C=CCOC(=O)C1=C(C)N=c2sc(=Cc3cn(-c4ccccc4)nc3-c3cccs3)c(=O)n2C1c1ccc(SC)cc1. The zero-order valence-electron chi connectivity index (χ0n) is 22.9. The van der Waals surface area contributed by atoms with E-state index in [1.54, 1.807) is 34.6 Å². The van der Waals surface area contributed by atoms with E-state index >= 15 is 0 Å². The summed E-state index contributed by atoms with van der Waals surface area (Å²) in [6.45, 7) is 5.50. The number of rotatable bonds is 8. The molecule has 210 valence electrons. The fourth-order valence-electron chi connectivity index (χ4n) is 4.85. The summed E-state index contributed by atoms with van der Waals surface area (Å²) < 4.78 is 9.38. The molecule has 0 saturated heterocycles. The Morgan fingerprint density at radius 2 is 1.90 bits per heavy atom. The molecule has 3 aromatic heterocycles. The highest BCUT2D eigenvalue weighted by Gasteiger charge is 2.33. The number of benzene rings is 2. The fourth-order valence-corrected chi connectivity index (χ4v) is 7.03. The Labute approximate surface area is 254 Å². The molecule has 7 nitrogen and oxygen atoms in total. The first kappa shape index (κ1) is 27.9. The van der Waals surface area contributed by atoms with Crippen LogP contribution in [0.1, 0.15) is 24.1 Å². The maximum absolute atomic E-state index is 14.2. The number of aromatic nitrogens is 3. The largest absolute Gasteiger partial charge is 0.458 e. The Balaban J connectivity index is 1.53. The maximum Gasteiger partial charge on any atom is 0.338 e. The average Bonchev–Trinajstić information content (AvgIpc) is 3.76. The van der Waals surface area contributed by atoms with Crippen LogP contribution in [-0.2, 0) is 9.53 Å². The molecule has 0 spiro atoms. The van der Waals surface area contributed by atoms with Crippen molar-refractivity contribution in [3.05, 3.63) is 133 Å². The lowest BCUT2D eigenvalue weighted by atomic mass is 9.96. The molecule has 0 fully saturated rings. The van der Waals surface area contributed by atoms with Crippen molar-refractivity contribution < 1.29 is 9.53 Å². The molecule has 6 rings (SSSR count). The van der Waals surface area contributed by atoms with E-state index in [1.165, 1.54) is 17.4 Å². The second kappa shape index (κ2) is 11.9. The molecule has 1 aliphatic heterocycles. The third kappa shape index (κ3) is 5.24. The van der Waals surface area contributed by atoms with Gasteiger partial charge >= 0.3 is 5.97 Å². The van der Waals surface area contributed by atoms with Gasteiger partial charge in [-0.3, -0.25) is 9.36 Å². The molecule has 1 unspecified atom stereocenters. The zero-order valence-corrected chi connectivity index (χ0v) is 25.3. The van der Waals surface area contributed by atoms with Gasteiger partial charge in [0.15, 0.2) is 4.80 Å². The van der Waals surface area contributed by atoms with Crippen molar-refractivity contribution in [3.8, 4) is 16.3 Å². The summed E-state index contributed by atoms with van der Waals surface area (Å²) in [6.07, 6.45) is 7.33. The predicted octanol–water partition coefficient (Wildman–Crippen LogP) is 5.60. The van der Waals surface area contributed by atoms with E-state index in [-0.39, 0.29) is 12.2 Å². The lowest BCUT2D eigenvalue weighted by Gasteiger charge is -2.24. The Morgan fingerprint density at radius 3 is 2.60 bits per heavy atom. The molecular formula is C32H26N4O3S3. The van der Waals surface area contributed by atoms with Crippen LogP contribution < -0.4 is 14.9 Å². The van der Waals surface area contributed by atoms with Crippen LogP contribution in [0.5, 0.6) is 0 Å². The maximum atomic E-state index is 14.2. The number of ether oxygens (including phenoxy) is 1. The second-order valence-electron chi connectivity index (χ2n) is 9.43. The average molecular weight is 611 g/mol. The van der Waals surface area contributed by atoms with Crippen molar-refractivity contribution in [1.82, 2.24) is 14.3 Å². The zero-order chi connectivity index (χ0) is 29.2. The van der Waals surface area contributed by atoms with Crippen LogP contribution in [0.2, 0.25) is 0 Å². The monoisotopic (exact) mass is 610 g/mol. The van der Waals surface area contributed by atoms with Crippen molar-refractivity contribution in [3.63, 3.8) is 0 Å². The normalized spacial score (nSPS) is 14.9. The molecule has 2 aromatic carbocycles. The minimum Gasteiger partial charge on any atom is -0.458 e. The summed E-state index contributed by atoms with van der Waals surface area (Å²) in [5.74, 6) is -0.520. The number of para-hydroxylation sites is 1. The van der Waals surface area contributed by atoms with Gasteiger partial charge in [-0.2, -0.15) is 5.10 Å². The summed E-state index contributed by atoms with van der Waals surface area (Å²) in [5, 5.41) is 6.88. The number of thiazole rings is 1. The number of thiophene rings is 1. The van der Waals surface area contributed by atoms with Gasteiger partial charge in [-0.05, 0) is 60.5 Å². The molecule has 0 amide bonds. The standard InChI is InChI=1S/C32H26N4O3S3/c1-4-16-39-31(38)27-20(2)33-32-36(29(27)21-12-14-24(40-3)15-13-21)30(37)26(42-32)18-22-19-35(23-9-6-5-7-10-23)34-28(22)25-11-8-17-41-25/h4-15,17-19,29H,1,16H2,2-3H3. The Kier molecular flexibility index (Phi) is 7.92. The number of hydrogen-bond donors (Lipinski definition) is 0. The number of nitrogens with zero attached hydrogens (tertiary/aromatic N) is 4. The van der Waals surface area contributed by atoms with Crippen molar-refractivity contribution >= 4 is 46.5 Å². The lowest BCUT2D eigenvalue weighted by Crippen LogP contribution is -2.39. The van der Waals surface area contributed by atoms with E-state index in [1.807, 2.05) is 95.3 Å². The number of fused-ring (bicyclic) bond motifs is 1. The minimum atomic E-state index is -0.680. The van der Waals surface area contributed by atoms with Crippen LogP contribution in [0.25, 0.3) is 22.3 Å². The number of allylic oxidation sites excluding steroid dienone is 1. The van der Waals surface area contributed by atoms with E-state index in [0.717, 1.165) is 32.3 Å². The van der Waals surface area contributed by atoms with Gasteiger partial charge in [0.25, 0.3) is 5.56 Å². The Hall–Kier alpha value is -4.25. The van der Waals surface area contributed by atoms with Crippen LogP contribution in [0.15, 0.2) is 117 Å². The molecular weight excluding hydrogens is 585 g/mol. The molecule has 4 heterocycles. The van der Waals surface area contributed by atoms with Crippen LogP contribution in [0, 0.1) is 0 Å². The molecule has 0 radical (unpaired) electrons. The number of carbonyl (C=O) groups is 1. The van der Waals surface area contributed by atoms with Crippen molar-refractivity contribution in [2.24, 2.45) is 4.99 Å². The molecule has 0 N–H and O–H groups in total. The van der Waals surface area contributed by atoms with Crippen LogP contribution in [-0.4, -0.2) is 33.2 Å². The van der Waals surface area contributed by atoms with E-state index in [9.17, 15) is 9.59 Å². The second-order valence-corrected chi connectivity index (χ2v) is 12.3. The molecule has 0 aliphatic carbocycles. The summed E-state index contributed by atoms with van der Waals surface area (Å²) >= 11 is 4.51. The third-order valence-corrected chi connectivity index (χ3v) is 9.41. The molecule has 1 atom stereocenters. The van der Waals surface area contributed by atoms with Crippen LogP contribution in [0.4, 0.5) is 0 Å². The number of carbonyl (C=O) groups excluding carboxylic acids is 1. The van der Waals surface area contributed by atoms with Gasteiger partial charge in [-0.15, -0.1) is 23.1 Å². The van der Waals surface area contributed by atoms with Gasteiger partial charge in [0.2, 0.25) is 0 Å². The van der Waals surface area contributed by atoms with Crippen LogP contribution in [0.3, 0.4) is 0 Å². The molecule has 10 heteroatoms. The first-order chi connectivity index (χ1) is 20.5. The van der Waals surface area contributed by atoms with E-state index in [4.69, 9.17) is 14.8 Å². The molecule has 1 aliphatic rings. The molecule has 42 heavy (non-hydrogen) atoms. The smallest absolute Gasteiger partial charge is 0.338 e. The Morgan fingerprint density at radius 1 is 1.12 bits per heavy atom. The van der Waals surface area contributed by atoms with E-state index in [0.29, 0.717) is 20.6 Å². The Bertz CT molecular complexity index is 1980. The summed E-state index contributed by atoms with van der Waals surface area (Å²) in [7, 11) is 0. The summed E-state index contributed by atoms with van der Waals surface area (Å²) in [5.41, 5.74) is 3.95. The number of hydrogen-bond acceptors (Lipinski definition) is 8. The van der Waals surface area contributed by atoms with Gasteiger partial charge in [0, 0.05) is 16.7 Å². The van der Waals surface area contributed by atoms with Gasteiger partial charge in [0.05, 0.1) is 32.4 Å². The third-order valence-electron chi connectivity index (χ3n) is 6.81. The highest BCUT2D eigenvalue weighted by molar-refractivity contribution is 7.98. The first-order valence-corrected chi connectivity index (χ1v) is 16.0. The number of thioether (sulfide) groups is 1. The van der Waals surface area contributed by atoms with Gasteiger partial charge in [-0.1, -0.05) is 60.4 Å². The van der Waals surface area contributed by atoms with Crippen molar-refractivity contribution in [2.45, 2.75) is 17.9 Å². The van der Waals surface area contributed by atoms with Crippen molar-refractivity contribution in [1.29, 1.82) is 0 Å². The van der Waals surface area contributed by atoms with Gasteiger partial charge in [0.1, 0.15) is 12.3 Å². The predicted molar refractivity (Wildman–Crippen MR) is 170 cm³/mol. The topological polar surface area (TPSA) is 78.5 Å². The van der Waals surface area contributed by atoms with Gasteiger partial charge in [-0.25, -0.2) is 14.5 Å². The first-order valence-electron chi connectivity index (χ1n) is 13.1. The minimum absolute atomic E-state index is 0.0646. The van der Waals surface area contributed by atoms with Crippen molar-refractivity contribution in [2.75, 3.05) is 12.9 Å². The summed E-state index contributed by atoms with van der Waals surface area (Å²) in [4.78, 5) is 34.7. The highest BCUT2D eigenvalue weighted by Crippen LogP contribution is 2.32. The van der Waals surface area contributed by atoms with E-state index in [2.05, 4.69) is 6.58 Å². The van der Waals surface area contributed by atoms with E-state index < -0.39 is 12.0 Å². The fraction of sp³-hybridized carbons (Fsp3) is 0.125. The quantitative estimate of drug-likeness (QED) is 0.130. The highest BCUT2D eigenvalue weighted by atomic mass is 32.2. The molecule has 0 bridgehead atoms. The number of esters is 1. The summed E-state index contributed by atoms with van der Waals surface area (Å²) in [6, 6.07) is 21.1.